The topological polar surface area (TPSA) is 58.2 Å². The van der Waals surface area contributed by atoms with E-state index < -0.39 is 10.0 Å². The van der Waals surface area contributed by atoms with Crippen molar-refractivity contribution >= 4 is 26.0 Å². The minimum Gasteiger partial charge on any atom is -0.313 e. The first kappa shape index (κ1) is 17.6. The van der Waals surface area contributed by atoms with E-state index >= 15 is 0 Å². The van der Waals surface area contributed by atoms with Crippen molar-refractivity contribution in [2.24, 2.45) is 0 Å². The zero-order chi connectivity index (χ0) is 15.2. The van der Waals surface area contributed by atoms with Crippen LogP contribution in [0.4, 0.5) is 0 Å². The SMILES string of the molecule is CCCC(C)NS(=O)(=O)c1cc(CNCC)ccc1Br. The average molecular weight is 363 g/mol. The number of hydrogen-bond acceptors (Lipinski definition) is 3. The third kappa shape index (κ3) is 5.16. The van der Waals surface area contributed by atoms with Crippen molar-refractivity contribution in [2.75, 3.05) is 6.54 Å². The molecule has 0 fully saturated rings. The van der Waals surface area contributed by atoms with Crippen molar-refractivity contribution in [3.63, 3.8) is 0 Å². The summed E-state index contributed by atoms with van der Waals surface area (Å²) < 4.78 is 28.1. The Morgan fingerprint density at radius 1 is 1.30 bits per heavy atom. The highest BCUT2D eigenvalue weighted by molar-refractivity contribution is 9.10. The number of benzene rings is 1. The predicted octanol–water partition coefficient (Wildman–Crippen LogP) is 3.03. The highest BCUT2D eigenvalue weighted by atomic mass is 79.9. The van der Waals surface area contributed by atoms with Crippen LogP contribution in [0.25, 0.3) is 0 Å². The summed E-state index contributed by atoms with van der Waals surface area (Å²) in [6.07, 6.45) is 1.78. The maximum atomic E-state index is 12.4. The van der Waals surface area contributed by atoms with Gasteiger partial charge in [-0.15, -0.1) is 0 Å². The largest absolute Gasteiger partial charge is 0.313 e. The number of halogens is 1. The fourth-order valence-electron chi connectivity index (χ4n) is 1.95. The van der Waals surface area contributed by atoms with E-state index in [-0.39, 0.29) is 6.04 Å². The zero-order valence-electron chi connectivity index (χ0n) is 12.2. The Morgan fingerprint density at radius 3 is 2.60 bits per heavy atom. The van der Waals surface area contributed by atoms with E-state index in [9.17, 15) is 8.42 Å². The van der Waals surface area contributed by atoms with Crippen molar-refractivity contribution < 1.29 is 8.42 Å². The lowest BCUT2D eigenvalue weighted by molar-refractivity contribution is 0.543. The third-order valence-corrected chi connectivity index (χ3v) is 5.53. The minimum atomic E-state index is -3.48. The van der Waals surface area contributed by atoms with Crippen molar-refractivity contribution in [1.82, 2.24) is 10.0 Å². The molecular weight excluding hydrogens is 340 g/mol. The number of nitrogens with one attached hydrogen (secondary N) is 2. The average Bonchev–Trinajstić information content (AvgIpc) is 2.37. The predicted molar refractivity (Wildman–Crippen MR) is 86.2 cm³/mol. The van der Waals surface area contributed by atoms with Crippen LogP contribution in [0.2, 0.25) is 0 Å². The van der Waals surface area contributed by atoms with E-state index in [1.807, 2.05) is 26.8 Å². The van der Waals surface area contributed by atoms with Gasteiger partial charge in [0.05, 0.1) is 4.90 Å². The van der Waals surface area contributed by atoms with Gasteiger partial charge >= 0.3 is 0 Å². The minimum absolute atomic E-state index is 0.0608. The fraction of sp³-hybridized carbons (Fsp3) is 0.571. The van der Waals surface area contributed by atoms with E-state index in [1.165, 1.54) is 0 Å². The summed E-state index contributed by atoms with van der Waals surface area (Å²) in [5.74, 6) is 0. The smallest absolute Gasteiger partial charge is 0.241 e. The van der Waals surface area contributed by atoms with Crippen LogP contribution in [0, 0.1) is 0 Å². The fourth-order valence-corrected chi connectivity index (χ4v) is 4.25. The van der Waals surface area contributed by atoms with Crippen LogP contribution in [0.5, 0.6) is 0 Å². The summed E-state index contributed by atoms with van der Waals surface area (Å²) >= 11 is 3.32. The van der Waals surface area contributed by atoms with Crippen molar-refractivity contribution in [3.8, 4) is 0 Å². The molecule has 0 saturated carbocycles. The standard InChI is InChI=1S/C14H23BrN2O2S/c1-4-6-11(3)17-20(18,19)14-9-12(10-16-5-2)7-8-13(14)15/h7-9,11,16-17H,4-6,10H2,1-3H3. The molecule has 0 spiro atoms. The first-order valence-corrected chi connectivity index (χ1v) is 9.19. The van der Waals surface area contributed by atoms with Gasteiger partial charge in [-0.25, -0.2) is 13.1 Å². The van der Waals surface area contributed by atoms with E-state index in [0.29, 0.717) is 15.9 Å². The number of rotatable bonds is 8. The van der Waals surface area contributed by atoms with Gasteiger partial charge < -0.3 is 5.32 Å². The molecule has 0 aliphatic heterocycles. The molecule has 20 heavy (non-hydrogen) atoms. The Morgan fingerprint density at radius 2 is 2.00 bits per heavy atom. The molecule has 4 nitrogen and oxygen atoms in total. The molecule has 0 aromatic heterocycles. The molecule has 0 bridgehead atoms. The van der Waals surface area contributed by atoms with Crippen molar-refractivity contribution in [3.05, 3.63) is 28.2 Å². The number of sulfonamides is 1. The molecule has 1 unspecified atom stereocenters. The summed E-state index contributed by atoms with van der Waals surface area (Å²) in [5, 5.41) is 3.19. The molecule has 114 valence electrons. The lowest BCUT2D eigenvalue weighted by Crippen LogP contribution is -2.32. The molecule has 6 heteroatoms. The molecule has 0 amide bonds. The van der Waals surface area contributed by atoms with E-state index in [1.54, 1.807) is 12.1 Å². The van der Waals surface area contributed by atoms with E-state index in [4.69, 9.17) is 0 Å². The Bertz CT molecular complexity index is 532. The second-order valence-corrected chi connectivity index (χ2v) is 7.39. The first-order valence-electron chi connectivity index (χ1n) is 6.92. The summed E-state index contributed by atoms with van der Waals surface area (Å²) in [6, 6.07) is 5.36. The number of hydrogen-bond donors (Lipinski definition) is 2. The third-order valence-electron chi connectivity index (χ3n) is 2.94. The van der Waals surface area contributed by atoms with Crippen LogP contribution in [0.3, 0.4) is 0 Å². The molecule has 1 rings (SSSR count). The van der Waals surface area contributed by atoms with Crippen LogP contribution < -0.4 is 10.0 Å². The highest BCUT2D eigenvalue weighted by Gasteiger charge is 2.20. The maximum Gasteiger partial charge on any atom is 0.241 e. The molecular formula is C14H23BrN2O2S. The van der Waals surface area contributed by atoms with Gasteiger partial charge in [0, 0.05) is 17.1 Å². The Labute approximate surface area is 130 Å². The molecule has 1 atom stereocenters. The molecule has 1 aromatic rings. The van der Waals surface area contributed by atoms with Gasteiger partial charge in [-0.1, -0.05) is 26.3 Å². The van der Waals surface area contributed by atoms with E-state index in [2.05, 4.69) is 26.0 Å². The molecule has 1 aromatic carbocycles. The van der Waals surface area contributed by atoms with Crippen molar-refractivity contribution in [2.45, 2.75) is 51.1 Å². The highest BCUT2D eigenvalue weighted by Crippen LogP contribution is 2.23. The second kappa shape index (κ2) is 8.12. The van der Waals surface area contributed by atoms with Gasteiger partial charge in [-0.3, -0.25) is 0 Å². The zero-order valence-corrected chi connectivity index (χ0v) is 14.6. The molecule has 0 heterocycles. The van der Waals surface area contributed by atoms with Gasteiger partial charge in [-0.05, 0) is 53.5 Å². The maximum absolute atomic E-state index is 12.4. The Balaban J connectivity index is 2.98. The van der Waals surface area contributed by atoms with Crippen LogP contribution in [-0.4, -0.2) is 21.0 Å². The van der Waals surface area contributed by atoms with E-state index in [0.717, 1.165) is 24.9 Å². The lowest BCUT2D eigenvalue weighted by Gasteiger charge is -2.15. The molecule has 0 aliphatic rings. The molecule has 0 radical (unpaired) electrons. The van der Waals surface area contributed by atoms with Crippen molar-refractivity contribution in [1.29, 1.82) is 0 Å². The Hall–Kier alpha value is -0.430. The monoisotopic (exact) mass is 362 g/mol. The van der Waals surface area contributed by atoms with Gasteiger partial charge in [-0.2, -0.15) is 0 Å². The summed E-state index contributed by atoms with van der Waals surface area (Å²) in [7, 11) is -3.48. The summed E-state index contributed by atoms with van der Waals surface area (Å²) in [4.78, 5) is 0.302. The quantitative estimate of drug-likeness (QED) is 0.747. The summed E-state index contributed by atoms with van der Waals surface area (Å²) in [5.41, 5.74) is 0.957. The van der Waals surface area contributed by atoms with Crippen LogP contribution in [0.1, 0.15) is 39.2 Å². The normalized spacial score (nSPS) is 13.4. The van der Waals surface area contributed by atoms with Crippen LogP contribution in [-0.2, 0) is 16.6 Å². The molecule has 2 N–H and O–H groups in total. The second-order valence-electron chi connectivity index (χ2n) is 4.86. The Kier molecular flexibility index (Phi) is 7.15. The van der Waals surface area contributed by atoms with Gasteiger partial charge in [0.15, 0.2) is 0 Å². The first-order chi connectivity index (χ1) is 9.40. The molecule has 0 aliphatic carbocycles. The lowest BCUT2D eigenvalue weighted by atomic mass is 10.2. The van der Waals surface area contributed by atoms with Gasteiger partial charge in [0.2, 0.25) is 10.0 Å². The van der Waals surface area contributed by atoms with Crippen LogP contribution in [0.15, 0.2) is 27.6 Å². The van der Waals surface area contributed by atoms with Gasteiger partial charge in [0.1, 0.15) is 0 Å². The van der Waals surface area contributed by atoms with Crippen LogP contribution >= 0.6 is 15.9 Å². The summed E-state index contributed by atoms with van der Waals surface area (Å²) in [6.45, 7) is 7.46. The molecule has 0 saturated heterocycles. The van der Waals surface area contributed by atoms with Gasteiger partial charge in [0.25, 0.3) is 0 Å².